The van der Waals surface area contributed by atoms with E-state index in [0.717, 1.165) is 5.56 Å². The van der Waals surface area contributed by atoms with E-state index in [2.05, 4.69) is 15.7 Å². The van der Waals surface area contributed by atoms with Crippen molar-refractivity contribution in [3.8, 4) is 5.69 Å². The molecule has 1 aliphatic rings. The summed E-state index contributed by atoms with van der Waals surface area (Å²) in [5.41, 5.74) is 3.05. The van der Waals surface area contributed by atoms with Crippen molar-refractivity contribution in [3.05, 3.63) is 75.9 Å². The van der Waals surface area contributed by atoms with Gasteiger partial charge in [0.1, 0.15) is 5.82 Å². The van der Waals surface area contributed by atoms with E-state index in [-0.39, 0.29) is 23.9 Å². The number of nitrogens with zero attached hydrogens (tertiary/aromatic N) is 2. The largest absolute Gasteiger partial charge is 0.344 e. The first kappa shape index (κ1) is 21.1. The number of carbonyl (C=O) groups excluding carboxylic acids is 2. The van der Waals surface area contributed by atoms with Crippen LogP contribution in [0.2, 0.25) is 5.02 Å². The molecule has 4 rings (SSSR count). The van der Waals surface area contributed by atoms with E-state index in [1.54, 1.807) is 30.3 Å². The summed E-state index contributed by atoms with van der Waals surface area (Å²) in [6.07, 6.45) is 0. The van der Waals surface area contributed by atoms with Crippen LogP contribution in [-0.2, 0) is 37.5 Å². The van der Waals surface area contributed by atoms with Gasteiger partial charge in [0.2, 0.25) is 0 Å². The number of fused-ring (bicyclic) bond motifs is 1. The summed E-state index contributed by atoms with van der Waals surface area (Å²) in [5.74, 6) is -2.06. The van der Waals surface area contributed by atoms with Crippen molar-refractivity contribution in [2.75, 3.05) is 5.32 Å². The Labute approximate surface area is 184 Å². The minimum absolute atomic E-state index is 0.0789. The molecule has 10 heteroatoms. The maximum atomic E-state index is 12.6. The summed E-state index contributed by atoms with van der Waals surface area (Å²) in [5, 5.41) is 9.93. The fourth-order valence-corrected chi connectivity index (χ4v) is 5.08. The molecule has 0 bridgehead atoms. The summed E-state index contributed by atoms with van der Waals surface area (Å²) >= 11 is 6.07. The molecule has 0 unspecified atom stereocenters. The maximum Gasteiger partial charge on any atom is 0.314 e. The highest BCUT2D eigenvalue weighted by molar-refractivity contribution is 7.90. The number of anilines is 1. The Hall–Kier alpha value is -3.17. The summed E-state index contributed by atoms with van der Waals surface area (Å²) in [6.45, 7) is 1.99. The van der Waals surface area contributed by atoms with Crippen LogP contribution in [0.5, 0.6) is 0 Å². The molecule has 31 heavy (non-hydrogen) atoms. The van der Waals surface area contributed by atoms with Gasteiger partial charge in [0.25, 0.3) is 0 Å². The predicted octanol–water partition coefficient (Wildman–Crippen LogP) is 2.52. The molecular weight excluding hydrogens is 440 g/mol. The molecule has 2 heterocycles. The molecular formula is C21H19ClN4O4S. The minimum Gasteiger partial charge on any atom is -0.344 e. The Balaban J connectivity index is 1.59. The molecule has 1 aliphatic heterocycles. The molecule has 1 aromatic heterocycles. The van der Waals surface area contributed by atoms with E-state index < -0.39 is 21.7 Å². The van der Waals surface area contributed by atoms with Crippen molar-refractivity contribution in [1.82, 2.24) is 15.1 Å². The van der Waals surface area contributed by atoms with E-state index in [9.17, 15) is 18.0 Å². The molecule has 0 aliphatic carbocycles. The fraction of sp³-hybridized carbons (Fsp3) is 0.190. The van der Waals surface area contributed by atoms with E-state index >= 15 is 0 Å². The first-order valence-corrected chi connectivity index (χ1v) is 11.6. The number of rotatable bonds is 4. The van der Waals surface area contributed by atoms with Gasteiger partial charge in [0.05, 0.1) is 22.9 Å². The van der Waals surface area contributed by atoms with Crippen molar-refractivity contribution < 1.29 is 18.0 Å². The van der Waals surface area contributed by atoms with Gasteiger partial charge in [0, 0.05) is 17.1 Å². The lowest BCUT2D eigenvalue weighted by Crippen LogP contribution is -2.35. The molecule has 0 radical (unpaired) electrons. The lowest BCUT2D eigenvalue weighted by atomic mass is 10.2. The lowest BCUT2D eigenvalue weighted by Gasteiger charge is -2.12. The van der Waals surface area contributed by atoms with Crippen LogP contribution in [0.15, 0.2) is 48.5 Å². The third-order valence-corrected chi connectivity index (χ3v) is 6.68. The first-order chi connectivity index (χ1) is 14.7. The summed E-state index contributed by atoms with van der Waals surface area (Å²) in [4.78, 5) is 25.0. The van der Waals surface area contributed by atoms with Crippen LogP contribution in [0.3, 0.4) is 0 Å². The second-order valence-corrected chi connectivity index (χ2v) is 9.76. The number of halogens is 1. The van der Waals surface area contributed by atoms with Crippen LogP contribution >= 0.6 is 11.6 Å². The Kier molecular flexibility index (Phi) is 5.55. The van der Waals surface area contributed by atoms with Crippen LogP contribution in [0.1, 0.15) is 22.4 Å². The Morgan fingerprint density at radius 1 is 1.10 bits per heavy atom. The van der Waals surface area contributed by atoms with Crippen LogP contribution < -0.4 is 10.6 Å². The third-order valence-electron chi connectivity index (χ3n) is 4.87. The van der Waals surface area contributed by atoms with E-state index in [4.69, 9.17) is 11.6 Å². The highest BCUT2D eigenvalue weighted by Crippen LogP contribution is 2.33. The number of hydrogen-bond acceptors (Lipinski definition) is 5. The quantitative estimate of drug-likeness (QED) is 0.584. The highest BCUT2D eigenvalue weighted by atomic mass is 35.5. The Bertz CT molecular complexity index is 1300. The SMILES string of the molecule is Cc1cccc(-n2nc3c(c2NC(=O)C(=O)NCc2ccccc2Cl)CS(=O)(=O)C3)c1. The van der Waals surface area contributed by atoms with E-state index in [0.29, 0.717) is 27.5 Å². The second-order valence-electron chi connectivity index (χ2n) is 7.29. The van der Waals surface area contributed by atoms with Crippen molar-refractivity contribution in [1.29, 1.82) is 0 Å². The van der Waals surface area contributed by atoms with Gasteiger partial charge in [-0.2, -0.15) is 5.10 Å². The molecule has 0 saturated heterocycles. The van der Waals surface area contributed by atoms with Gasteiger partial charge in [-0.3, -0.25) is 9.59 Å². The number of benzene rings is 2. The number of amides is 2. The third kappa shape index (κ3) is 4.47. The van der Waals surface area contributed by atoms with Gasteiger partial charge in [-0.05, 0) is 36.2 Å². The van der Waals surface area contributed by atoms with Crippen LogP contribution in [-0.4, -0.2) is 30.0 Å². The van der Waals surface area contributed by atoms with Crippen molar-refractivity contribution in [2.24, 2.45) is 0 Å². The zero-order valence-corrected chi connectivity index (χ0v) is 18.1. The Morgan fingerprint density at radius 3 is 2.61 bits per heavy atom. The molecule has 2 aromatic carbocycles. The lowest BCUT2D eigenvalue weighted by molar-refractivity contribution is -0.136. The predicted molar refractivity (Wildman–Crippen MR) is 117 cm³/mol. The number of sulfone groups is 1. The second kappa shape index (κ2) is 8.16. The summed E-state index contributed by atoms with van der Waals surface area (Å²) in [6, 6.07) is 14.3. The van der Waals surface area contributed by atoms with Crippen molar-refractivity contribution in [3.63, 3.8) is 0 Å². The molecule has 8 nitrogen and oxygen atoms in total. The monoisotopic (exact) mass is 458 g/mol. The number of aryl methyl sites for hydroxylation is 1. The van der Waals surface area contributed by atoms with Crippen LogP contribution in [0.25, 0.3) is 5.69 Å². The maximum absolute atomic E-state index is 12.6. The molecule has 0 atom stereocenters. The van der Waals surface area contributed by atoms with Gasteiger partial charge in [0.15, 0.2) is 9.84 Å². The number of carbonyl (C=O) groups is 2. The van der Waals surface area contributed by atoms with Gasteiger partial charge < -0.3 is 10.6 Å². The molecule has 160 valence electrons. The molecule has 0 saturated carbocycles. The minimum atomic E-state index is -3.34. The van der Waals surface area contributed by atoms with Gasteiger partial charge in [-0.25, -0.2) is 13.1 Å². The van der Waals surface area contributed by atoms with E-state index in [1.807, 2.05) is 25.1 Å². The van der Waals surface area contributed by atoms with Crippen molar-refractivity contribution >= 4 is 39.1 Å². The van der Waals surface area contributed by atoms with Gasteiger partial charge in [-0.1, -0.05) is 41.9 Å². The topological polar surface area (TPSA) is 110 Å². The molecule has 2 amide bonds. The number of hydrogen-bond donors (Lipinski definition) is 2. The standard InChI is InChI=1S/C21H19ClN4O4S/c1-13-5-4-7-15(9-13)26-19(16-11-31(29,30)12-18(16)25-26)24-21(28)20(27)23-10-14-6-2-3-8-17(14)22/h2-9H,10-12H2,1H3,(H,23,27)(H,24,28). The first-order valence-electron chi connectivity index (χ1n) is 9.44. The molecule has 0 spiro atoms. The summed E-state index contributed by atoms with van der Waals surface area (Å²) < 4.78 is 25.6. The number of aromatic nitrogens is 2. The van der Waals surface area contributed by atoms with Crippen LogP contribution in [0.4, 0.5) is 5.82 Å². The highest BCUT2D eigenvalue weighted by Gasteiger charge is 2.33. The van der Waals surface area contributed by atoms with Gasteiger partial charge in [-0.15, -0.1) is 0 Å². The Morgan fingerprint density at radius 2 is 1.87 bits per heavy atom. The number of nitrogens with one attached hydrogen (secondary N) is 2. The molecule has 3 aromatic rings. The molecule has 0 fully saturated rings. The zero-order chi connectivity index (χ0) is 22.2. The molecule has 2 N–H and O–H groups in total. The van der Waals surface area contributed by atoms with Crippen LogP contribution in [0, 0.1) is 6.92 Å². The normalized spacial score (nSPS) is 14.1. The smallest absolute Gasteiger partial charge is 0.314 e. The average Bonchev–Trinajstić information content (AvgIpc) is 3.19. The fourth-order valence-electron chi connectivity index (χ4n) is 3.38. The van der Waals surface area contributed by atoms with Crippen molar-refractivity contribution in [2.45, 2.75) is 25.0 Å². The summed E-state index contributed by atoms with van der Waals surface area (Å²) in [7, 11) is -3.34. The van der Waals surface area contributed by atoms with Gasteiger partial charge >= 0.3 is 11.8 Å². The zero-order valence-electron chi connectivity index (χ0n) is 16.6. The van der Waals surface area contributed by atoms with E-state index in [1.165, 1.54) is 4.68 Å². The average molecular weight is 459 g/mol.